The lowest BCUT2D eigenvalue weighted by molar-refractivity contribution is -0.135. The van der Waals surface area contributed by atoms with Crippen LogP contribution in [-0.4, -0.2) is 48.9 Å². The Balaban J connectivity index is 1.45. The number of hydrogen-bond donors (Lipinski definition) is 2. The van der Waals surface area contributed by atoms with E-state index in [4.69, 9.17) is 9.57 Å². The van der Waals surface area contributed by atoms with E-state index in [1.165, 1.54) is 12.1 Å². The lowest BCUT2D eigenvalue weighted by Gasteiger charge is -2.17. The molecule has 2 aliphatic heterocycles. The minimum absolute atomic E-state index is 0.0437. The zero-order chi connectivity index (χ0) is 18.5. The largest absolute Gasteiger partial charge is 0.382 e. The summed E-state index contributed by atoms with van der Waals surface area (Å²) in [7, 11) is 0. The number of amides is 2. The monoisotopic (exact) mass is 363 g/mol. The van der Waals surface area contributed by atoms with Crippen LogP contribution in [-0.2, 0) is 19.2 Å². The Morgan fingerprint density at radius 1 is 1.42 bits per heavy atom. The molecular weight excluding hydrogens is 341 g/mol. The van der Waals surface area contributed by atoms with Gasteiger partial charge in [0.25, 0.3) is 5.91 Å². The Labute approximate surface area is 150 Å². The summed E-state index contributed by atoms with van der Waals surface area (Å²) in [5.74, 6) is -1.09. The van der Waals surface area contributed by atoms with E-state index in [2.05, 4.69) is 15.8 Å². The normalized spacial score (nSPS) is 23.1. The molecule has 0 spiro atoms. The molecule has 2 heterocycles. The molecule has 2 aliphatic rings. The summed E-state index contributed by atoms with van der Waals surface area (Å²) in [4.78, 5) is 29.5. The first-order valence-electron chi connectivity index (χ1n) is 8.71. The van der Waals surface area contributed by atoms with E-state index < -0.39 is 18.1 Å². The predicted molar refractivity (Wildman–Crippen MR) is 92.0 cm³/mol. The van der Waals surface area contributed by atoms with Crippen LogP contribution >= 0.6 is 0 Å². The maximum Gasteiger partial charge on any atom is 0.264 e. The number of halogens is 1. The summed E-state index contributed by atoms with van der Waals surface area (Å²) in [6.45, 7) is 2.76. The number of carbonyl (C=O) groups is 2. The number of nitrogens with zero attached hydrogens (tertiary/aromatic N) is 1. The second kappa shape index (κ2) is 8.27. The minimum Gasteiger partial charge on any atom is -0.382 e. The van der Waals surface area contributed by atoms with E-state index in [9.17, 15) is 14.0 Å². The third-order valence-corrected chi connectivity index (χ3v) is 4.40. The van der Waals surface area contributed by atoms with E-state index >= 15 is 0 Å². The highest BCUT2D eigenvalue weighted by Crippen LogP contribution is 2.17. The first-order chi connectivity index (χ1) is 12.5. The van der Waals surface area contributed by atoms with Gasteiger partial charge in [-0.2, -0.15) is 0 Å². The van der Waals surface area contributed by atoms with Crippen LogP contribution in [0.2, 0.25) is 0 Å². The highest BCUT2D eigenvalue weighted by atomic mass is 19.1. The SMILES string of the molecule is C[C@@H](NC(=O)[C@@H]1CC(c2cccc(F)c2)=NO1)C(=O)NC[C@@H]1CCCO1. The van der Waals surface area contributed by atoms with Crippen molar-refractivity contribution < 1.29 is 23.6 Å². The van der Waals surface area contributed by atoms with Gasteiger partial charge in [-0.05, 0) is 31.9 Å². The summed E-state index contributed by atoms with van der Waals surface area (Å²) in [5, 5.41) is 9.25. The third kappa shape index (κ3) is 4.57. The first-order valence-corrected chi connectivity index (χ1v) is 8.71. The molecule has 3 rings (SSSR count). The Hall–Kier alpha value is -2.48. The molecule has 0 saturated carbocycles. The summed E-state index contributed by atoms with van der Waals surface area (Å²) in [6, 6.07) is 5.24. The average molecular weight is 363 g/mol. The summed E-state index contributed by atoms with van der Waals surface area (Å²) in [5.41, 5.74) is 1.07. The zero-order valence-electron chi connectivity index (χ0n) is 14.5. The van der Waals surface area contributed by atoms with Crippen LogP contribution in [0, 0.1) is 5.82 Å². The van der Waals surface area contributed by atoms with Crippen LogP contribution in [0.3, 0.4) is 0 Å². The Kier molecular flexibility index (Phi) is 5.82. The van der Waals surface area contributed by atoms with Gasteiger partial charge in [0, 0.05) is 25.1 Å². The second-order valence-corrected chi connectivity index (χ2v) is 6.46. The van der Waals surface area contributed by atoms with Gasteiger partial charge in [-0.25, -0.2) is 4.39 Å². The lowest BCUT2D eigenvalue weighted by Crippen LogP contribution is -2.49. The molecular formula is C18H22FN3O4. The van der Waals surface area contributed by atoms with E-state index in [-0.39, 0.29) is 24.2 Å². The van der Waals surface area contributed by atoms with Gasteiger partial charge in [0.1, 0.15) is 11.9 Å². The molecule has 8 heteroatoms. The van der Waals surface area contributed by atoms with Crippen LogP contribution < -0.4 is 10.6 Å². The molecule has 140 valence electrons. The number of oxime groups is 1. The molecule has 7 nitrogen and oxygen atoms in total. The van der Waals surface area contributed by atoms with Crippen molar-refractivity contribution in [3.05, 3.63) is 35.6 Å². The van der Waals surface area contributed by atoms with Crippen molar-refractivity contribution in [3.63, 3.8) is 0 Å². The first kappa shape index (κ1) is 18.3. The topological polar surface area (TPSA) is 89.0 Å². The molecule has 1 fully saturated rings. The molecule has 2 N–H and O–H groups in total. The molecule has 0 unspecified atom stereocenters. The highest BCUT2D eigenvalue weighted by molar-refractivity contribution is 6.04. The fourth-order valence-corrected chi connectivity index (χ4v) is 2.90. The van der Waals surface area contributed by atoms with Crippen LogP contribution in [0.5, 0.6) is 0 Å². The molecule has 0 aromatic heterocycles. The quantitative estimate of drug-likeness (QED) is 0.793. The van der Waals surface area contributed by atoms with Crippen LogP contribution in [0.1, 0.15) is 31.7 Å². The van der Waals surface area contributed by atoms with Gasteiger partial charge in [0.2, 0.25) is 12.0 Å². The van der Waals surface area contributed by atoms with Crippen LogP contribution in [0.25, 0.3) is 0 Å². The summed E-state index contributed by atoms with van der Waals surface area (Å²) < 4.78 is 18.7. The Morgan fingerprint density at radius 2 is 2.27 bits per heavy atom. The lowest BCUT2D eigenvalue weighted by atomic mass is 10.0. The zero-order valence-corrected chi connectivity index (χ0v) is 14.5. The van der Waals surface area contributed by atoms with Crippen LogP contribution in [0.15, 0.2) is 29.4 Å². The predicted octanol–water partition coefficient (Wildman–Crippen LogP) is 1.12. The standard InChI is InChI=1S/C18H22FN3O4/c1-11(17(23)20-10-14-6-3-7-25-14)21-18(24)16-9-15(22-26-16)12-4-2-5-13(19)8-12/h2,4-5,8,11,14,16H,3,6-7,9-10H2,1H3,(H,20,23)(H,21,24)/t11-,14+,16+/m1/s1. The fourth-order valence-electron chi connectivity index (χ4n) is 2.90. The van der Waals surface area contributed by atoms with E-state index in [1.807, 2.05) is 0 Å². The molecule has 1 aromatic carbocycles. The van der Waals surface area contributed by atoms with Gasteiger partial charge in [-0.3, -0.25) is 9.59 Å². The van der Waals surface area contributed by atoms with Crippen molar-refractivity contribution in [3.8, 4) is 0 Å². The van der Waals surface area contributed by atoms with Gasteiger partial charge in [0.05, 0.1) is 11.8 Å². The summed E-state index contributed by atoms with van der Waals surface area (Å²) in [6.07, 6.45) is 1.36. The number of rotatable bonds is 6. The van der Waals surface area contributed by atoms with Gasteiger partial charge in [-0.1, -0.05) is 17.3 Å². The van der Waals surface area contributed by atoms with Gasteiger partial charge in [0.15, 0.2) is 0 Å². The Morgan fingerprint density at radius 3 is 3.00 bits per heavy atom. The number of hydrogen-bond acceptors (Lipinski definition) is 5. The van der Waals surface area contributed by atoms with Crippen molar-refractivity contribution in [1.29, 1.82) is 0 Å². The molecule has 26 heavy (non-hydrogen) atoms. The van der Waals surface area contributed by atoms with Crippen molar-refractivity contribution in [2.75, 3.05) is 13.2 Å². The fraction of sp³-hybridized carbons (Fsp3) is 0.500. The van der Waals surface area contributed by atoms with Crippen LogP contribution in [0.4, 0.5) is 4.39 Å². The third-order valence-electron chi connectivity index (χ3n) is 4.40. The molecule has 0 radical (unpaired) electrons. The Bertz CT molecular complexity index is 703. The van der Waals surface area contributed by atoms with E-state index in [1.54, 1.807) is 19.1 Å². The van der Waals surface area contributed by atoms with Gasteiger partial charge >= 0.3 is 0 Å². The van der Waals surface area contributed by atoms with E-state index in [0.717, 1.165) is 19.4 Å². The van der Waals surface area contributed by atoms with Crippen molar-refractivity contribution in [1.82, 2.24) is 10.6 Å². The minimum atomic E-state index is -0.832. The van der Waals surface area contributed by atoms with Gasteiger partial charge in [-0.15, -0.1) is 0 Å². The van der Waals surface area contributed by atoms with Crippen molar-refractivity contribution in [2.45, 2.75) is 44.4 Å². The molecule has 3 atom stereocenters. The van der Waals surface area contributed by atoms with Crippen molar-refractivity contribution >= 4 is 17.5 Å². The highest BCUT2D eigenvalue weighted by Gasteiger charge is 2.31. The molecule has 2 amide bonds. The molecule has 1 saturated heterocycles. The smallest absolute Gasteiger partial charge is 0.264 e. The maximum atomic E-state index is 13.3. The molecule has 0 aliphatic carbocycles. The molecule has 1 aromatic rings. The van der Waals surface area contributed by atoms with Crippen molar-refractivity contribution in [2.24, 2.45) is 5.16 Å². The van der Waals surface area contributed by atoms with Gasteiger partial charge < -0.3 is 20.2 Å². The number of ether oxygens (including phenoxy) is 1. The average Bonchev–Trinajstić information content (AvgIpc) is 3.31. The maximum absolute atomic E-state index is 13.3. The summed E-state index contributed by atoms with van der Waals surface area (Å²) >= 11 is 0. The van der Waals surface area contributed by atoms with E-state index in [0.29, 0.717) is 17.8 Å². The number of benzene rings is 1. The molecule has 0 bridgehead atoms. The number of carbonyl (C=O) groups excluding carboxylic acids is 2. The number of nitrogens with one attached hydrogen (secondary N) is 2. The second-order valence-electron chi connectivity index (χ2n) is 6.46.